The molecule has 0 saturated carbocycles. The molecule has 2 nitrogen and oxygen atoms in total. The van der Waals surface area contributed by atoms with Gasteiger partial charge in [-0.25, -0.2) is 0 Å². The summed E-state index contributed by atoms with van der Waals surface area (Å²) in [6, 6.07) is 8.75. The van der Waals surface area contributed by atoms with Crippen LogP contribution in [0.5, 0.6) is 5.75 Å². The van der Waals surface area contributed by atoms with Crippen LogP contribution in [0.2, 0.25) is 0 Å². The second-order valence-electron chi connectivity index (χ2n) is 6.72. The Labute approximate surface area is 157 Å². The molecule has 0 aliphatic heterocycles. The molecule has 24 heavy (non-hydrogen) atoms. The summed E-state index contributed by atoms with van der Waals surface area (Å²) in [6.45, 7) is 4.61. The predicted molar refractivity (Wildman–Crippen MR) is 106 cm³/mol. The summed E-state index contributed by atoms with van der Waals surface area (Å²) in [6.07, 6.45) is 7.04. The number of aromatic hydroxyl groups is 1. The lowest BCUT2D eigenvalue weighted by Crippen LogP contribution is -2.40. The minimum Gasteiger partial charge on any atom is -0.508 e. The van der Waals surface area contributed by atoms with Gasteiger partial charge in [-0.15, -0.1) is 11.3 Å². The van der Waals surface area contributed by atoms with E-state index >= 15 is 0 Å². The van der Waals surface area contributed by atoms with Crippen molar-refractivity contribution in [2.75, 3.05) is 13.1 Å². The van der Waals surface area contributed by atoms with Crippen LogP contribution in [0.3, 0.4) is 0 Å². The SMILES string of the molecule is CCCN(CCCc1cc(Br)cs1)C1CCc2ccc(O)cc2C1. The van der Waals surface area contributed by atoms with Crippen LogP contribution in [-0.2, 0) is 19.3 Å². The third-order valence-electron chi connectivity index (χ3n) is 4.91. The molecule has 0 radical (unpaired) electrons. The summed E-state index contributed by atoms with van der Waals surface area (Å²) in [5.74, 6) is 0.403. The van der Waals surface area contributed by atoms with Gasteiger partial charge in [0, 0.05) is 20.8 Å². The Morgan fingerprint density at radius 2 is 2.12 bits per heavy atom. The van der Waals surface area contributed by atoms with Crippen molar-refractivity contribution in [1.82, 2.24) is 4.90 Å². The first-order chi connectivity index (χ1) is 11.7. The minimum absolute atomic E-state index is 0.403. The number of phenolic OH excluding ortho intramolecular Hbond substituents is 1. The molecule has 1 aromatic carbocycles. The van der Waals surface area contributed by atoms with Gasteiger partial charge in [-0.3, -0.25) is 0 Å². The normalized spacial score (nSPS) is 17.2. The summed E-state index contributed by atoms with van der Waals surface area (Å²) >= 11 is 5.39. The Bertz CT molecular complexity index is 669. The maximum atomic E-state index is 9.77. The largest absolute Gasteiger partial charge is 0.508 e. The Kier molecular flexibility index (Phi) is 6.37. The molecule has 1 heterocycles. The van der Waals surface area contributed by atoms with Crippen LogP contribution in [0, 0.1) is 0 Å². The van der Waals surface area contributed by atoms with E-state index in [4.69, 9.17) is 0 Å². The highest BCUT2D eigenvalue weighted by Crippen LogP contribution is 2.28. The number of thiophene rings is 1. The molecular formula is C20H26BrNOS. The molecule has 4 heteroatoms. The molecule has 1 aliphatic rings. The average molecular weight is 408 g/mol. The van der Waals surface area contributed by atoms with E-state index < -0.39 is 0 Å². The molecule has 1 N–H and O–H groups in total. The van der Waals surface area contributed by atoms with Crippen LogP contribution in [0.4, 0.5) is 0 Å². The molecule has 0 fully saturated rings. The van der Waals surface area contributed by atoms with Crippen LogP contribution >= 0.6 is 27.3 Å². The number of benzene rings is 1. The van der Waals surface area contributed by atoms with E-state index in [9.17, 15) is 5.11 Å². The Hall–Kier alpha value is -0.840. The minimum atomic E-state index is 0.403. The molecule has 2 aromatic rings. The number of nitrogens with zero attached hydrogens (tertiary/aromatic N) is 1. The van der Waals surface area contributed by atoms with E-state index in [2.05, 4.69) is 45.3 Å². The van der Waals surface area contributed by atoms with Crippen molar-refractivity contribution >= 4 is 27.3 Å². The number of rotatable bonds is 7. The molecule has 0 spiro atoms. The van der Waals surface area contributed by atoms with Gasteiger partial charge in [0.1, 0.15) is 5.75 Å². The van der Waals surface area contributed by atoms with Gasteiger partial charge in [0.25, 0.3) is 0 Å². The molecule has 0 bridgehead atoms. The summed E-state index contributed by atoms with van der Waals surface area (Å²) in [4.78, 5) is 4.15. The topological polar surface area (TPSA) is 23.5 Å². The molecule has 1 aromatic heterocycles. The number of phenols is 1. The van der Waals surface area contributed by atoms with Gasteiger partial charge in [-0.1, -0.05) is 13.0 Å². The number of hydrogen-bond donors (Lipinski definition) is 1. The number of aryl methyl sites for hydroxylation is 2. The van der Waals surface area contributed by atoms with Crippen LogP contribution < -0.4 is 0 Å². The van der Waals surface area contributed by atoms with E-state index in [1.165, 1.54) is 59.2 Å². The number of halogens is 1. The summed E-state index contributed by atoms with van der Waals surface area (Å²) in [7, 11) is 0. The molecule has 1 atom stereocenters. The van der Waals surface area contributed by atoms with Crippen LogP contribution in [0.1, 0.15) is 42.2 Å². The lowest BCUT2D eigenvalue weighted by molar-refractivity contribution is 0.178. The Balaban J connectivity index is 1.58. The fourth-order valence-electron chi connectivity index (χ4n) is 3.74. The Morgan fingerprint density at radius 3 is 2.88 bits per heavy atom. The summed E-state index contributed by atoms with van der Waals surface area (Å²) in [5.41, 5.74) is 2.76. The summed E-state index contributed by atoms with van der Waals surface area (Å²) in [5, 5.41) is 11.9. The van der Waals surface area contributed by atoms with E-state index in [0.29, 0.717) is 11.8 Å². The smallest absolute Gasteiger partial charge is 0.115 e. The maximum Gasteiger partial charge on any atom is 0.115 e. The van der Waals surface area contributed by atoms with Crippen molar-refractivity contribution in [2.45, 2.75) is 51.5 Å². The lowest BCUT2D eigenvalue weighted by Gasteiger charge is -2.35. The van der Waals surface area contributed by atoms with Crippen molar-refractivity contribution in [3.63, 3.8) is 0 Å². The zero-order chi connectivity index (χ0) is 16.9. The van der Waals surface area contributed by atoms with Gasteiger partial charge in [0.05, 0.1) is 0 Å². The van der Waals surface area contributed by atoms with Crippen LogP contribution in [0.25, 0.3) is 0 Å². The molecular weight excluding hydrogens is 382 g/mol. The third-order valence-corrected chi connectivity index (χ3v) is 6.67. The predicted octanol–water partition coefficient (Wildman–Crippen LogP) is 5.42. The number of fused-ring (bicyclic) bond motifs is 1. The average Bonchev–Trinajstić information content (AvgIpc) is 2.98. The maximum absolute atomic E-state index is 9.77. The third kappa shape index (κ3) is 4.62. The summed E-state index contributed by atoms with van der Waals surface area (Å²) < 4.78 is 1.21. The molecule has 0 amide bonds. The fourth-order valence-corrected chi connectivity index (χ4v) is 5.24. The van der Waals surface area contributed by atoms with E-state index in [1.807, 2.05) is 23.5 Å². The van der Waals surface area contributed by atoms with E-state index in [1.54, 1.807) is 0 Å². The standard InChI is InChI=1S/C20H26BrNOS/c1-2-9-22(10-3-4-20-13-17(21)14-24-20)18-7-5-15-6-8-19(23)12-16(15)11-18/h6,8,12-14,18,23H,2-5,7,9-11H2,1H3. The van der Waals surface area contributed by atoms with Gasteiger partial charge >= 0.3 is 0 Å². The van der Waals surface area contributed by atoms with E-state index in [0.717, 1.165) is 12.8 Å². The molecule has 1 aliphatic carbocycles. The van der Waals surface area contributed by atoms with Gasteiger partial charge < -0.3 is 10.0 Å². The first-order valence-corrected chi connectivity index (χ1v) is 10.6. The first-order valence-electron chi connectivity index (χ1n) is 8.93. The zero-order valence-electron chi connectivity index (χ0n) is 14.3. The molecule has 130 valence electrons. The highest BCUT2D eigenvalue weighted by atomic mass is 79.9. The highest BCUT2D eigenvalue weighted by Gasteiger charge is 2.23. The second-order valence-corrected chi connectivity index (χ2v) is 8.63. The number of hydrogen-bond acceptors (Lipinski definition) is 3. The zero-order valence-corrected chi connectivity index (χ0v) is 16.7. The quantitative estimate of drug-likeness (QED) is 0.662. The van der Waals surface area contributed by atoms with Crippen molar-refractivity contribution < 1.29 is 5.11 Å². The molecule has 3 rings (SSSR count). The van der Waals surface area contributed by atoms with Gasteiger partial charge in [-0.2, -0.15) is 0 Å². The monoisotopic (exact) mass is 407 g/mol. The van der Waals surface area contributed by atoms with Crippen molar-refractivity contribution in [1.29, 1.82) is 0 Å². The van der Waals surface area contributed by atoms with Gasteiger partial charge in [0.2, 0.25) is 0 Å². The van der Waals surface area contributed by atoms with Gasteiger partial charge in [0.15, 0.2) is 0 Å². The molecule has 0 saturated heterocycles. The van der Waals surface area contributed by atoms with Crippen molar-refractivity contribution in [2.24, 2.45) is 0 Å². The molecule has 1 unspecified atom stereocenters. The lowest BCUT2D eigenvalue weighted by atomic mass is 9.87. The van der Waals surface area contributed by atoms with Crippen LogP contribution in [-0.4, -0.2) is 29.1 Å². The Morgan fingerprint density at radius 1 is 1.25 bits per heavy atom. The van der Waals surface area contributed by atoms with Crippen molar-refractivity contribution in [3.05, 3.63) is 50.1 Å². The fraction of sp³-hybridized carbons (Fsp3) is 0.500. The van der Waals surface area contributed by atoms with E-state index in [-0.39, 0.29) is 0 Å². The first kappa shape index (κ1) is 18.0. The van der Waals surface area contributed by atoms with Crippen molar-refractivity contribution in [3.8, 4) is 5.75 Å². The second kappa shape index (κ2) is 8.50. The highest BCUT2D eigenvalue weighted by molar-refractivity contribution is 9.10. The van der Waals surface area contributed by atoms with Crippen LogP contribution in [0.15, 0.2) is 34.1 Å². The van der Waals surface area contributed by atoms with Gasteiger partial charge in [-0.05, 0) is 96.9 Å².